The second-order valence-electron chi connectivity index (χ2n) is 5.06. The van der Waals surface area contributed by atoms with Gasteiger partial charge in [-0.25, -0.2) is 5.43 Å². The van der Waals surface area contributed by atoms with Crippen molar-refractivity contribution < 1.29 is 24.5 Å². The highest BCUT2D eigenvalue weighted by Crippen LogP contribution is 2.32. The predicted molar refractivity (Wildman–Crippen MR) is 84.2 cm³/mol. The van der Waals surface area contributed by atoms with Gasteiger partial charge in [-0.15, -0.1) is 0 Å². The molecular formula is C16H15N3O5. The maximum atomic E-state index is 12.1. The summed E-state index contributed by atoms with van der Waals surface area (Å²) in [7, 11) is 0. The van der Waals surface area contributed by atoms with Gasteiger partial charge in [-0.3, -0.25) is 9.78 Å². The Kier molecular flexibility index (Phi) is 4.30. The molecule has 1 aliphatic heterocycles. The minimum absolute atomic E-state index is 0.0948. The molecule has 24 heavy (non-hydrogen) atoms. The largest absolute Gasteiger partial charge is 0.505 e. The Bertz CT molecular complexity index is 820. The fourth-order valence-corrected chi connectivity index (χ4v) is 2.18. The van der Waals surface area contributed by atoms with Crippen LogP contribution in [0.4, 0.5) is 0 Å². The number of aromatic hydroxyl groups is 1. The van der Waals surface area contributed by atoms with E-state index in [0.717, 1.165) is 0 Å². The zero-order valence-corrected chi connectivity index (χ0v) is 12.8. The number of carbonyl (C=O) groups excluding carboxylic acids is 1. The summed E-state index contributed by atoms with van der Waals surface area (Å²) < 4.78 is 10.4. The average Bonchev–Trinajstić information content (AvgIpc) is 3.06. The van der Waals surface area contributed by atoms with Crippen LogP contribution in [-0.4, -0.2) is 34.1 Å². The Hall–Kier alpha value is -3.13. The van der Waals surface area contributed by atoms with Crippen LogP contribution in [0.2, 0.25) is 0 Å². The molecule has 0 aliphatic carbocycles. The number of amides is 1. The van der Waals surface area contributed by atoms with Gasteiger partial charge in [-0.2, -0.15) is 5.10 Å². The molecule has 8 heteroatoms. The van der Waals surface area contributed by atoms with E-state index in [9.17, 15) is 15.0 Å². The van der Waals surface area contributed by atoms with E-state index in [1.165, 1.54) is 12.4 Å². The van der Waals surface area contributed by atoms with Crippen LogP contribution >= 0.6 is 0 Å². The summed E-state index contributed by atoms with van der Waals surface area (Å²) in [6.45, 7) is 1.44. The lowest BCUT2D eigenvalue weighted by Gasteiger charge is -2.07. The number of benzene rings is 1. The first kappa shape index (κ1) is 15.8. The third-order valence-corrected chi connectivity index (χ3v) is 3.52. The van der Waals surface area contributed by atoms with E-state index in [2.05, 4.69) is 15.5 Å². The quantitative estimate of drug-likeness (QED) is 0.571. The molecule has 1 aromatic carbocycles. The summed E-state index contributed by atoms with van der Waals surface area (Å²) >= 11 is 0. The highest BCUT2D eigenvalue weighted by atomic mass is 16.7. The molecule has 0 spiro atoms. The van der Waals surface area contributed by atoms with Gasteiger partial charge in [0.15, 0.2) is 11.5 Å². The van der Waals surface area contributed by atoms with Crippen LogP contribution in [0.3, 0.4) is 0 Å². The molecule has 0 unspecified atom stereocenters. The summed E-state index contributed by atoms with van der Waals surface area (Å²) in [5, 5.41) is 23.1. The van der Waals surface area contributed by atoms with Gasteiger partial charge in [0.1, 0.15) is 5.75 Å². The third kappa shape index (κ3) is 2.99. The SMILES string of the molecule is Cc1ncc(CO)c(/C=N/NC(=O)c2ccc3c(c2)OCO3)c1O. The van der Waals surface area contributed by atoms with Gasteiger partial charge in [0.25, 0.3) is 5.91 Å². The number of aliphatic hydroxyl groups is 1. The van der Waals surface area contributed by atoms with Crippen molar-refractivity contribution in [2.75, 3.05) is 6.79 Å². The summed E-state index contributed by atoms with van der Waals surface area (Å²) in [5.41, 5.74) is 3.82. The lowest BCUT2D eigenvalue weighted by atomic mass is 10.1. The molecule has 0 fully saturated rings. The van der Waals surface area contributed by atoms with Crippen molar-refractivity contribution in [1.82, 2.24) is 10.4 Å². The normalized spacial score (nSPS) is 12.6. The molecule has 3 rings (SSSR count). The van der Waals surface area contributed by atoms with Gasteiger partial charge >= 0.3 is 0 Å². The standard InChI is InChI=1S/C16H15N3O5/c1-9-15(21)12(11(7-20)5-17-9)6-18-19-16(22)10-2-3-13-14(4-10)24-8-23-13/h2-6,20-21H,7-8H2,1H3,(H,19,22)/b18-6+. The van der Waals surface area contributed by atoms with Crippen molar-refractivity contribution in [3.05, 3.63) is 46.8 Å². The Balaban J connectivity index is 1.75. The van der Waals surface area contributed by atoms with Gasteiger partial charge in [-0.1, -0.05) is 0 Å². The summed E-state index contributed by atoms with van der Waals surface area (Å²) in [4.78, 5) is 16.0. The number of pyridine rings is 1. The number of aromatic nitrogens is 1. The molecule has 0 saturated carbocycles. The van der Waals surface area contributed by atoms with Crippen LogP contribution in [0, 0.1) is 6.92 Å². The van der Waals surface area contributed by atoms with Crippen LogP contribution in [0.1, 0.15) is 27.2 Å². The molecule has 2 heterocycles. The monoisotopic (exact) mass is 329 g/mol. The number of hydrazone groups is 1. The first-order valence-corrected chi connectivity index (χ1v) is 7.11. The van der Waals surface area contributed by atoms with Crippen LogP contribution in [0.5, 0.6) is 17.2 Å². The van der Waals surface area contributed by atoms with Crippen molar-refractivity contribution in [2.45, 2.75) is 13.5 Å². The highest BCUT2D eigenvalue weighted by Gasteiger charge is 2.16. The average molecular weight is 329 g/mol. The van der Waals surface area contributed by atoms with E-state index in [0.29, 0.717) is 33.9 Å². The fourth-order valence-electron chi connectivity index (χ4n) is 2.18. The van der Waals surface area contributed by atoms with Crippen molar-refractivity contribution in [3.8, 4) is 17.2 Å². The first-order valence-electron chi connectivity index (χ1n) is 7.11. The van der Waals surface area contributed by atoms with Crippen molar-refractivity contribution in [3.63, 3.8) is 0 Å². The molecule has 124 valence electrons. The third-order valence-electron chi connectivity index (χ3n) is 3.52. The summed E-state index contributed by atoms with van der Waals surface area (Å²) in [6, 6.07) is 4.79. The zero-order chi connectivity index (χ0) is 17.1. The number of rotatable bonds is 4. The topological polar surface area (TPSA) is 113 Å². The number of ether oxygens (including phenoxy) is 2. The first-order chi connectivity index (χ1) is 11.6. The molecule has 0 saturated heterocycles. The van der Waals surface area contributed by atoms with Gasteiger partial charge in [0, 0.05) is 22.9 Å². The molecule has 0 atom stereocenters. The van der Waals surface area contributed by atoms with Gasteiger partial charge in [0.2, 0.25) is 6.79 Å². The van der Waals surface area contributed by atoms with E-state index < -0.39 is 5.91 Å². The lowest BCUT2D eigenvalue weighted by Crippen LogP contribution is -2.17. The number of fused-ring (bicyclic) bond motifs is 1. The molecule has 1 amide bonds. The van der Waals surface area contributed by atoms with E-state index in [1.807, 2.05) is 0 Å². The number of aryl methyl sites for hydroxylation is 1. The minimum atomic E-state index is -0.444. The van der Waals surface area contributed by atoms with Crippen LogP contribution in [0.25, 0.3) is 0 Å². The second kappa shape index (κ2) is 6.55. The smallest absolute Gasteiger partial charge is 0.271 e. The number of nitrogens with zero attached hydrogens (tertiary/aromatic N) is 2. The van der Waals surface area contributed by atoms with E-state index >= 15 is 0 Å². The van der Waals surface area contributed by atoms with Crippen molar-refractivity contribution in [1.29, 1.82) is 0 Å². The van der Waals surface area contributed by atoms with Gasteiger partial charge < -0.3 is 19.7 Å². The lowest BCUT2D eigenvalue weighted by molar-refractivity contribution is 0.0954. The second-order valence-corrected chi connectivity index (χ2v) is 5.06. The van der Waals surface area contributed by atoms with Crippen molar-refractivity contribution >= 4 is 12.1 Å². The maximum Gasteiger partial charge on any atom is 0.271 e. The summed E-state index contributed by atoms with van der Waals surface area (Å²) in [6.07, 6.45) is 2.70. The molecular weight excluding hydrogens is 314 g/mol. The van der Waals surface area contributed by atoms with Crippen LogP contribution in [0.15, 0.2) is 29.5 Å². The molecule has 2 aromatic rings. The number of carbonyl (C=O) groups is 1. The number of hydrogen-bond donors (Lipinski definition) is 3. The van der Waals surface area contributed by atoms with Gasteiger partial charge in [0.05, 0.1) is 18.5 Å². The predicted octanol–water partition coefficient (Wildman–Crippen LogP) is 1.08. The zero-order valence-electron chi connectivity index (χ0n) is 12.8. The summed E-state index contributed by atoms with van der Waals surface area (Å²) in [5.74, 6) is 0.541. The molecule has 3 N–H and O–H groups in total. The minimum Gasteiger partial charge on any atom is -0.505 e. The van der Waals surface area contributed by atoms with Gasteiger partial charge in [-0.05, 0) is 25.1 Å². The number of aliphatic hydroxyl groups excluding tert-OH is 1. The Morgan fingerprint density at radius 1 is 1.42 bits per heavy atom. The number of hydrogen-bond acceptors (Lipinski definition) is 7. The Labute approximate surface area is 137 Å². The van der Waals surface area contributed by atoms with E-state index in [4.69, 9.17) is 9.47 Å². The molecule has 8 nitrogen and oxygen atoms in total. The molecule has 1 aliphatic rings. The molecule has 0 bridgehead atoms. The van der Waals surface area contributed by atoms with E-state index in [-0.39, 0.29) is 19.1 Å². The van der Waals surface area contributed by atoms with Crippen molar-refractivity contribution in [2.24, 2.45) is 5.10 Å². The molecule has 0 radical (unpaired) electrons. The van der Waals surface area contributed by atoms with Crippen LogP contribution in [-0.2, 0) is 6.61 Å². The Morgan fingerprint density at radius 2 is 2.21 bits per heavy atom. The fraction of sp³-hybridized carbons (Fsp3) is 0.188. The Morgan fingerprint density at radius 3 is 3.00 bits per heavy atom. The maximum absolute atomic E-state index is 12.1. The molecule has 1 aromatic heterocycles. The van der Waals surface area contributed by atoms with Crippen LogP contribution < -0.4 is 14.9 Å². The highest BCUT2D eigenvalue weighted by molar-refractivity contribution is 5.96. The van der Waals surface area contributed by atoms with E-state index in [1.54, 1.807) is 25.1 Å². The number of nitrogens with one attached hydrogen (secondary N) is 1.